The van der Waals surface area contributed by atoms with E-state index in [9.17, 15) is 14.0 Å². The summed E-state index contributed by atoms with van der Waals surface area (Å²) in [6.07, 6.45) is 2.81. The molecule has 0 fully saturated rings. The molecule has 2 aromatic heterocycles. The molecule has 0 aliphatic heterocycles. The van der Waals surface area contributed by atoms with Crippen molar-refractivity contribution in [2.24, 2.45) is 0 Å². The number of aromatic nitrogens is 2. The maximum atomic E-state index is 13.5. The highest BCUT2D eigenvalue weighted by molar-refractivity contribution is 7.18. The van der Waals surface area contributed by atoms with E-state index < -0.39 is 5.82 Å². The first-order chi connectivity index (χ1) is 14.5. The van der Waals surface area contributed by atoms with Gasteiger partial charge in [-0.1, -0.05) is 48.0 Å². The number of hydrogen-bond donors (Lipinski definition) is 0. The highest BCUT2D eigenvalue weighted by Gasteiger charge is 2.25. The van der Waals surface area contributed by atoms with Gasteiger partial charge < -0.3 is 0 Å². The summed E-state index contributed by atoms with van der Waals surface area (Å²) in [5, 5.41) is 0.904. The predicted molar refractivity (Wildman–Crippen MR) is 118 cm³/mol. The smallest absolute Gasteiger partial charge is 0.280 e. The summed E-state index contributed by atoms with van der Waals surface area (Å²) >= 11 is 7.76. The molecule has 0 atom stereocenters. The summed E-state index contributed by atoms with van der Waals surface area (Å²) in [5.74, 6) is -0.426. The largest absolute Gasteiger partial charge is 0.332 e. The van der Waals surface area contributed by atoms with Crippen molar-refractivity contribution in [3.8, 4) is 0 Å². The number of fused-ring (bicyclic) bond motifs is 3. The van der Waals surface area contributed by atoms with Crippen LogP contribution in [0.4, 0.5) is 4.39 Å². The Morgan fingerprint density at radius 1 is 1.00 bits per heavy atom. The molecular formula is C23H18ClFN2O2S. The first-order valence-corrected chi connectivity index (χ1v) is 11.0. The maximum absolute atomic E-state index is 13.5. The zero-order chi connectivity index (χ0) is 20.8. The van der Waals surface area contributed by atoms with Gasteiger partial charge in [-0.15, -0.1) is 11.3 Å². The van der Waals surface area contributed by atoms with Crippen LogP contribution in [0.5, 0.6) is 0 Å². The Kier molecular flexibility index (Phi) is 4.83. The number of rotatable bonds is 4. The number of benzene rings is 2. The molecule has 0 unspecified atom stereocenters. The van der Waals surface area contributed by atoms with Crippen molar-refractivity contribution in [3.63, 3.8) is 0 Å². The Balaban J connectivity index is 1.74. The van der Waals surface area contributed by atoms with Crippen molar-refractivity contribution in [1.29, 1.82) is 0 Å². The Bertz CT molecular complexity index is 1390. The Hall–Kier alpha value is -2.70. The molecule has 0 saturated heterocycles. The summed E-state index contributed by atoms with van der Waals surface area (Å²) in [7, 11) is 0. The number of thiophene rings is 1. The number of aryl methyl sites for hydroxylation is 2. The van der Waals surface area contributed by atoms with Crippen LogP contribution >= 0.6 is 22.9 Å². The third-order valence-corrected chi connectivity index (χ3v) is 7.26. The Labute approximate surface area is 180 Å². The molecule has 0 spiro atoms. The van der Waals surface area contributed by atoms with Gasteiger partial charge in [-0.25, -0.2) is 9.18 Å². The van der Waals surface area contributed by atoms with Crippen LogP contribution < -0.4 is 11.2 Å². The van der Waals surface area contributed by atoms with Crippen molar-refractivity contribution in [1.82, 2.24) is 9.13 Å². The van der Waals surface area contributed by atoms with Crippen molar-refractivity contribution < 1.29 is 4.39 Å². The fraction of sp³-hybridized carbons (Fsp3) is 0.217. The zero-order valence-corrected chi connectivity index (χ0v) is 17.6. The second-order valence-electron chi connectivity index (χ2n) is 7.52. The van der Waals surface area contributed by atoms with Gasteiger partial charge >= 0.3 is 5.69 Å². The van der Waals surface area contributed by atoms with E-state index in [1.807, 2.05) is 30.3 Å². The van der Waals surface area contributed by atoms with Gasteiger partial charge in [-0.2, -0.15) is 0 Å². The molecule has 1 aliphatic carbocycles. The van der Waals surface area contributed by atoms with Crippen LogP contribution in [0.15, 0.2) is 58.1 Å². The molecule has 0 N–H and O–H groups in total. The van der Waals surface area contributed by atoms with Crippen molar-refractivity contribution in [3.05, 3.63) is 102 Å². The van der Waals surface area contributed by atoms with Crippen LogP contribution in [0.25, 0.3) is 10.2 Å². The first kappa shape index (κ1) is 19.3. The van der Waals surface area contributed by atoms with Gasteiger partial charge in [0, 0.05) is 9.90 Å². The average Bonchev–Trinajstić information content (AvgIpc) is 3.32. The Morgan fingerprint density at radius 2 is 1.80 bits per heavy atom. The molecule has 0 amide bonds. The zero-order valence-electron chi connectivity index (χ0n) is 16.0. The van der Waals surface area contributed by atoms with E-state index in [0.29, 0.717) is 15.8 Å². The molecule has 5 rings (SSSR count). The van der Waals surface area contributed by atoms with E-state index in [1.54, 1.807) is 10.6 Å². The van der Waals surface area contributed by atoms with Gasteiger partial charge in [0.25, 0.3) is 5.56 Å². The van der Waals surface area contributed by atoms with Crippen LogP contribution in [0.3, 0.4) is 0 Å². The van der Waals surface area contributed by atoms with Crippen LogP contribution in [-0.2, 0) is 25.9 Å². The van der Waals surface area contributed by atoms with E-state index in [1.165, 1.54) is 32.9 Å². The highest BCUT2D eigenvalue weighted by Crippen LogP contribution is 2.35. The van der Waals surface area contributed by atoms with E-state index in [-0.39, 0.29) is 29.4 Å². The lowest BCUT2D eigenvalue weighted by Gasteiger charge is -2.14. The molecule has 2 aromatic carbocycles. The standard InChI is InChI=1S/C23H18ClFN2O2S/c24-18-11-16(25)10-9-15(18)13-27-22-20(17-7-4-8-19(17)30-22)21(28)26(23(27)29)12-14-5-2-1-3-6-14/h1-3,5-6,9-11H,4,7-8,12-13H2. The van der Waals surface area contributed by atoms with E-state index >= 15 is 0 Å². The van der Waals surface area contributed by atoms with Crippen LogP contribution in [0.2, 0.25) is 5.02 Å². The number of nitrogens with zero attached hydrogens (tertiary/aromatic N) is 2. The first-order valence-electron chi connectivity index (χ1n) is 9.78. The van der Waals surface area contributed by atoms with Crippen LogP contribution in [0.1, 0.15) is 28.0 Å². The van der Waals surface area contributed by atoms with E-state index in [2.05, 4.69) is 0 Å². The number of halogens is 2. The number of hydrogen-bond acceptors (Lipinski definition) is 3. The Morgan fingerprint density at radius 3 is 2.57 bits per heavy atom. The normalized spacial score (nSPS) is 13.1. The lowest BCUT2D eigenvalue weighted by molar-refractivity contribution is 0.622. The minimum atomic E-state index is -0.426. The van der Waals surface area contributed by atoms with Crippen molar-refractivity contribution in [2.45, 2.75) is 32.4 Å². The molecule has 2 heterocycles. The maximum Gasteiger partial charge on any atom is 0.332 e. The second-order valence-corrected chi connectivity index (χ2v) is 9.01. The predicted octanol–water partition coefficient (Wildman–Crippen LogP) is 4.60. The fourth-order valence-electron chi connectivity index (χ4n) is 4.12. The molecule has 0 radical (unpaired) electrons. The van der Waals surface area contributed by atoms with E-state index in [4.69, 9.17) is 11.6 Å². The lowest BCUT2D eigenvalue weighted by Crippen LogP contribution is -2.40. The minimum Gasteiger partial charge on any atom is -0.280 e. The summed E-state index contributed by atoms with van der Waals surface area (Å²) in [4.78, 5) is 28.7. The van der Waals surface area contributed by atoms with Crippen molar-refractivity contribution in [2.75, 3.05) is 0 Å². The monoisotopic (exact) mass is 440 g/mol. The highest BCUT2D eigenvalue weighted by atomic mass is 35.5. The third kappa shape index (κ3) is 3.20. The summed E-state index contributed by atoms with van der Waals surface area (Å²) < 4.78 is 16.4. The van der Waals surface area contributed by atoms with Gasteiger partial charge in [0.1, 0.15) is 10.6 Å². The average molecular weight is 441 g/mol. The second kappa shape index (κ2) is 7.52. The molecular weight excluding hydrogens is 423 g/mol. The SMILES string of the molecule is O=c1c2c3c(sc2n(Cc2ccc(F)cc2Cl)c(=O)n1Cc1ccccc1)CCC3. The van der Waals surface area contributed by atoms with Gasteiger partial charge in [0.15, 0.2) is 0 Å². The van der Waals surface area contributed by atoms with E-state index in [0.717, 1.165) is 30.4 Å². The van der Waals surface area contributed by atoms with Gasteiger partial charge in [-0.3, -0.25) is 13.9 Å². The quantitative estimate of drug-likeness (QED) is 0.465. The van der Waals surface area contributed by atoms with Crippen LogP contribution in [0, 0.1) is 5.82 Å². The van der Waals surface area contributed by atoms with Gasteiger partial charge in [0.2, 0.25) is 0 Å². The minimum absolute atomic E-state index is 0.183. The summed E-state index contributed by atoms with van der Waals surface area (Å²) in [5.41, 5.74) is 1.98. The van der Waals surface area contributed by atoms with Crippen LogP contribution in [-0.4, -0.2) is 9.13 Å². The van der Waals surface area contributed by atoms with Gasteiger partial charge in [0.05, 0.1) is 18.5 Å². The lowest BCUT2D eigenvalue weighted by atomic mass is 10.1. The summed E-state index contributed by atoms with van der Waals surface area (Å²) in [6.45, 7) is 0.388. The molecule has 152 valence electrons. The fourth-order valence-corrected chi connectivity index (χ4v) is 5.72. The summed E-state index contributed by atoms with van der Waals surface area (Å²) in [6, 6.07) is 13.6. The van der Waals surface area contributed by atoms with Gasteiger partial charge in [-0.05, 0) is 48.1 Å². The molecule has 0 bridgehead atoms. The topological polar surface area (TPSA) is 44.0 Å². The molecule has 30 heavy (non-hydrogen) atoms. The molecule has 7 heteroatoms. The molecule has 4 nitrogen and oxygen atoms in total. The molecule has 4 aromatic rings. The van der Waals surface area contributed by atoms with Crippen molar-refractivity contribution >= 4 is 33.2 Å². The molecule has 0 saturated carbocycles. The molecule has 1 aliphatic rings. The third-order valence-electron chi connectivity index (χ3n) is 5.60.